The highest BCUT2D eigenvalue weighted by molar-refractivity contribution is 7.99. The first-order valence-corrected chi connectivity index (χ1v) is 12.3. The Balaban J connectivity index is 1.31. The van der Waals surface area contributed by atoms with Gasteiger partial charge in [-0.2, -0.15) is 5.10 Å². The van der Waals surface area contributed by atoms with E-state index in [1.54, 1.807) is 11.3 Å². The number of amides is 1. The molecule has 0 atom stereocenters. The molecule has 5 aromatic rings. The van der Waals surface area contributed by atoms with E-state index in [-0.39, 0.29) is 17.3 Å². The quantitative estimate of drug-likeness (QED) is 0.191. The molecule has 0 bridgehead atoms. The van der Waals surface area contributed by atoms with E-state index in [2.05, 4.69) is 26.7 Å². The topological polar surface area (TPSA) is 121 Å². The summed E-state index contributed by atoms with van der Waals surface area (Å²) in [4.78, 5) is 24.6. The number of anilines is 1. The van der Waals surface area contributed by atoms with E-state index in [0.717, 1.165) is 26.5 Å². The fraction of sp³-hybridized carbons (Fsp3) is 0.130. The average Bonchev–Trinajstić information content (AvgIpc) is 3.53. The van der Waals surface area contributed by atoms with Crippen LogP contribution in [0.3, 0.4) is 0 Å². The number of aryl methyl sites for hydroxylation is 1. The third-order valence-corrected chi connectivity index (χ3v) is 7.42. The number of carbonyl (C=O) groups is 1. The Kier molecular flexibility index (Phi) is 6.05. The number of hydrogen-bond acceptors (Lipinski definition) is 8. The van der Waals surface area contributed by atoms with Gasteiger partial charge in [-0.25, -0.2) is 4.68 Å². The molecule has 0 aliphatic heterocycles. The molecule has 0 saturated heterocycles. The van der Waals surface area contributed by atoms with Crippen molar-refractivity contribution in [1.29, 1.82) is 0 Å². The molecule has 176 valence electrons. The minimum atomic E-state index is -0.483. The zero-order chi connectivity index (χ0) is 24.5. The normalized spacial score (nSPS) is 11.1. The Hall–Kier alpha value is -4.03. The molecule has 1 amide bonds. The minimum absolute atomic E-state index is 0.0307. The second-order valence-corrected chi connectivity index (χ2v) is 9.64. The molecule has 0 unspecified atom stereocenters. The summed E-state index contributed by atoms with van der Waals surface area (Å²) in [7, 11) is 1.87. The number of nitrogens with zero attached hydrogens (tertiary/aromatic N) is 6. The maximum Gasteiger partial charge on any atom is 0.269 e. The number of non-ortho nitro benzene ring substituents is 1. The lowest BCUT2D eigenvalue weighted by Crippen LogP contribution is -2.14. The van der Waals surface area contributed by atoms with Crippen LogP contribution in [0.25, 0.3) is 26.6 Å². The van der Waals surface area contributed by atoms with Crippen molar-refractivity contribution in [3.05, 3.63) is 76.5 Å². The highest BCUT2D eigenvalue weighted by Crippen LogP contribution is 2.36. The Bertz CT molecular complexity index is 1540. The first-order valence-electron chi connectivity index (χ1n) is 10.5. The molecular formula is C23H19N7O3S2. The number of benzene rings is 2. The fourth-order valence-electron chi connectivity index (χ4n) is 3.55. The summed E-state index contributed by atoms with van der Waals surface area (Å²) in [6.45, 7) is 1.99. The average molecular weight is 506 g/mol. The third-order valence-electron chi connectivity index (χ3n) is 5.29. The molecule has 0 fully saturated rings. The van der Waals surface area contributed by atoms with Gasteiger partial charge in [0, 0.05) is 30.3 Å². The number of para-hydroxylation sites is 1. The van der Waals surface area contributed by atoms with Gasteiger partial charge >= 0.3 is 0 Å². The van der Waals surface area contributed by atoms with E-state index >= 15 is 0 Å². The van der Waals surface area contributed by atoms with Crippen molar-refractivity contribution in [1.82, 2.24) is 24.5 Å². The summed E-state index contributed by atoms with van der Waals surface area (Å²) >= 11 is 2.86. The van der Waals surface area contributed by atoms with Gasteiger partial charge < -0.3 is 9.88 Å². The standard InChI is InChI=1S/C23H19N7O3S2/c1-14-18-12-19(35-22(18)29(27-14)16-6-4-3-5-7-16)21-25-26-23(28(21)2)34-13-20(31)24-15-8-10-17(11-9-15)30(32)33/h3-12H,13H2,1-2H3,(H,24,31). The van der Waals surface area contributed by atoms with Gasteiger partial charge in [0.05, 0.1) is 26.9 Å². The van der Waals surface area contributed by atoms with Crippen LogP contribution in [0.2, 0.25) is 0 Å². The number of nitro benzene ring substituents is 1. The molecule has 3 heterocycles. The van der Waals surface area contributed by atoms with Crippen LogP contribution in [0.5, 0.6) is 0 Å². The van der Waals surface area contributed by atoms with Crippen molar-refractivity contribution in [2.75, 3.05) is 11.1 Å². The lowest BCUT2D eigenvalue weighted by molar-refractivity contribution is -0.384. The second kappa shape index (κ2) is 9.31. The fourth-order valence-corrected chi connectivity index (χ4v) is 5.46. The molecule has 3 aromatic heterocycles. The van der Waals surface area contributed by atoms with Gasteiger partial charge in [-0.1, -0.05) is 30.0 Å². The van der Waals surface area contributed by atoms with Gasteiger partial charge in [-0.05, 0) is 37.3 Å². The molecule has 5 rings (SSSR count). The van der Waals surface area contributed by atoms with Crippen molar-refractivity contribution < 1.29 is 9.72 Å². The molecule has 0 spiro atoms. The molecule has 0 radical (unpaired) electrons. The van der Waals surface area contributed by atoms with Gasteiger partial charge in [-0.3, -0.25) is 14.9 Å². The van der Waals surface area contributed by atoms with Crippen LogP contribution >= 0.6 is 23.1 Å². The molecule has 0 aliphatic carbocycles. The summed E-state index contributed by atoms with van der Waals surface area (Å²) < 4.78 is 3.80. The zero-order valence-electron chi connectivity index (χ0n) is 18.7. The highest BCUT2D eigenvalue weighted by atomic mass is 32.2. The number of nitro groups is 1. The van der Waals surface area contributed by atoms with Gasteiger partial charge in [0.15, 0.2) is 11.0 Å². The second-order valence-electron chi connectivity index (χ2n) is 7.67. The van der Waals surface area contributed by atoms with E-state index in [9.17, 15) is 14.9 Å². The van der Waals surface area contributed by atoms with Gasteiger partial charge in [0.2, 0.25) is 5.91 Å². The number of thiophene rings is 1. The largest absolute Gasteiger partial charge is 0.325 e. The molecule has 12 heteroatoms. The maximum atomic E-state index is 12.4. The first kappa shape index (κ1) is 22.7. The summed E-state index contributed by atoms with van der Waals surface area (Å²) in [6.07, 6.45) is 0. The van der Waals surface area contributed by atoms with Crippen LogP contribution in [0, 0.1) is 17.0 Å². The monoisotopic (exact) mass is 505 g/mol. The molecule has 0 aliphatic rings. The molecule has 35 heavy (non-hydrogen) atoms. The molecule has 2 aromatic carbocycles. The Labute approximate surface area is 207 Å². The highest BCUT2D eigenvalue weighted by Gasteiger charge is 2.19. The van der Waals surface area contributed by atoms with Crippen molar-refractivity contribution >= 4 is 50.6 Å². The van der Waals surface area contributed by atoms with Crippen molar-refractivity contribution in [2.45, 2.75) is 12.1 Å². The van der Waals surface area contributed by atoms with Crippen LogP contribution < -0.4 is 5.32 Å². The van der Waals surface area contributed by atoms with Gasteiger partial charge in [0.25, 0.3) is 5.69 Å². The third kappa shape index (κ3) is 4.53. The zero-order valence-corrected chi connectivity index (χ0v) is 20.3. The van der Waals surface area contributed by atoms with Gasteiger partial charge in [0.1, 0.15) is 4.83 Å². The van der Waals surface area contributed by atoms with E-state index in [0.29, 0.717) is 16.7 Å². The summed E-state index contributed by atoms with van der Waals surface area (Å²) in [5.41, 5.74) is 2.39. The Morgan fingerprint density at radius 2 is 1.89 bits per heavy atom. The van der Waals surface area contributed by atoms with Crippen LogP contribution in [0.15, 0.2) is 65.8 Å². The van der Waals surface area contributed by atoms with Gasteiger partial charge in [-0.15, -0.1) is 21.5 Å². The van der Waals surface area contributed by atoms with Crippen LogP contribution in [-0.2, 0) is 11.8 Å². The van der Waals surface area contributed by atoms with E-state index in [4.69, 9.17) is 0 Å². The first-order chi connectivity index (χ1) is 16.9. The number of nitrogens with one attached hydrogen (secondary N) is 1. The Morgan fingerprint density at radius 1 is 1.14 bits per heavy atom. The van der Waals surface area contributed by atoms with Crippen molar-refractivity contribution in [3.8, 4) is 16.4 Å². The van der Waals surface area contributed by atoms with Crippen LogP contribution in [0.4, 0.5) is 11.4 Å². The van der Waals surface area contributed by atoms with Crippen LogP contribution in [0.1, 0.15) is 5.69 Å². The smallest absolute Gasteiger partial charge is 0.269 e. The molecule has 0 saturated carbocycles. The van der Waals surface area contributed by atoms with Crippen molar-refractivity contribution in [2.24, 2.45) is 7.05 Å². The minimum Gasteiger partial charge on any atom is -0.325 e. The lowest BCUT2D eigenvalue weighted by atomic mass is 10.3. The maximum absolute atomic E-state index is 12.4. The number of thioether (sulfide) groups is 1. The van der Waals surface area contributed by atoms with E-state index in [1.807, 2.05) is 53.6 Å². The van der Waals surface area contributed by atoms with Crippen LogP contribution in [-0.4, -0.2) is 41.1 Å². The van der Waals surface area contributed by atoms with E-state index < -0.39 is 4.92 Å². The van der Waals surface area contributed by atoms with Crippen molar-refractivity contribution in [3.63, 3.8) is 0 Å². The van der Waals surface area contributed by atoms with E-state index in [1.165, 1.54) is 36.0 Å². The number of hydrogen-bond donors (Lipinski definition) is 1. The molecule has 1 N–H and O–H groups in total. The Morgan fingerprint density at radius 3 is 2.60 bits per heavy atom. The number of rotatable bonds is 7. The lowest BCUT2D eigenvalue weighted by Gasteiger charge is -2.05. The predicted octanol–water partition coefficient (Wildman–Crippen LogP) is 4.83. The molecule has 10 nitrogen and oxygen atoms in total. The number of fused-ring (bicyclic) bond motifs is 1. The summed E-state index contributed by atoms with van der Waals surface area (Å²) in [5, 5.41) is 28.5. The number of carbonyl (C=O) groups excluding carboxylic acids is 1. The molecular weight excluding hydrogens is 486 g/mol. The predicted molar refractivity (Wildman–Crippen MR) is 136 cm³/mol. The SMILES string of the molecule is Cc1nn(-c2ccccc2)c2sc(-c3nnc(SCC(=O)Nc4ccc([N+](=O)[O-])cc4)n3C)cc12. The number of aromatic nitrogens is 5. The summed E-state index contributed by atoms with van der Waals surface area (Å²) in [5.74, 6) is 0.592. The summed E-state index contributed by atoms with van der Waals surface area (Å²) in [6, 6.07) is 17.7.